The second-order valence-corrected chi connectivity index (χ2v) is 4.23. The molecule has 1 N–H and O–H groups in total. The van der Waals surface area contributed by atoms with Crippen LogP contribution in [0.2, 0.25) is 0 Å². The van der Waals surface area contributed by atoms with Crippen molar-refractivity contribution in [2.75, 3.05) is 24.6 Å². The first-order valence-corrected chi connectivity index (χ1v) is 6.25. The second kappa shape index (κ2) is 6.30. The summed E-state index contributed by atoms with van der Waals surface area (Å²) in [6.45, 7) is 3.85. The number of hydrogen-bond acceptors (Lipinski definition) is 5. The maximum Gasteiger partial charge on any atom is 0.248 e. The number of nitrogens with zero attached hydrogens (tertiary/aromatic N) is 3. The third-order valence-corrected chi connectivity index (χ3v) is 2.94. The van der Waals surface area contributed by atoms with Gasteiger partial charge in [-0.3, -0.25) is 9.63 Å². The fourth-order valence-electron chi connectivity index (χ4n) is 2.05. The molecule has 0 radical (unpaired) electrons. The van der Waals surface area contributed by atoms with Crippen molar-refractivity contribution in [2.45, 2.75) is 19.8 Å². The van der Waals surface area contributed by atoms with Crippen LogP contribution in [0.25, 0.3) is 0 Å². The van der Waals surface area contributed by atoms with Crippen molar-refractivity contribution in [3.05, 3.63) is 18.5 Å². The van der Waals surface area contributed by atoms with Crippen molar-refractivity contribution in [1.82, 2.24) is 15.4 Å². The molecule has 0 aliphatic carbocycles. The maximum absolute atomic E-state index is 11.8. The van der Waals surface area contributed by atoms with E-state index in [4.69, 9.17) is 4.84 Å². The monoisotopic (exact) mass is 250 g/mol. The van der Waals surface area contributed by atoms with Crippen LogP contribution < -0.4 is 10.4 Å². The molecular weight excluding hydrogens is 232 g/mol. The molecule has 1 fully saturated rings. The van der Waals surface area contributed by atoms with Crippen LogP contribution in [-0.2, 0) is 9.63 Å². The Kier molecular flexibility index (Phi) is 4.46. The van der Waals surface area contributed by atoms with E-state index in [1.807, 2.05) is 11.8 Å². The van der Waals surface area contributed by atoms with Gasteiger partial charge in [-0.15, -0.1) is 0 Å². The minimum Gasteiger partial charge on any atom is -0.340 e. The summed E-state index contributed by atoms with van der Waals surface area (Å²) < 4.78 is 0. The number of piperidine rings is 1. The van der Waals surface area contributed by atoms with Crippen molar-refractivity contribution < 1.29 is 9.63 Å². The molecular formula is C12H18N4O2. The Balaban J connectivity index is 1.94. The molecule has 1 aromatic heterocycles. The van der Waals surface area contributed by atoms with E-state index in [2.05, 4.69) is 15.4 Å². The molecule has 6 heteroatoms. The molecule has 2 heterocycles. The van der Waals surface area contributed by atoms with Crippen LogP contribution in [0, 0.1) is 5.92 Å². The highest BCUT2D eigenvalue weighted by Crippen LogP contribution is 2.19. The maximum atomic E-state index is 11.8. The van der Waals surface area contributed by atoms with Crippen molar-refractivity contribution in [1.29, 1.82) is 0 Å². The lowest BCUT2D eigenvalue weighted by Gasteiger charge is -2.31. The minimum absolute atomic E-state index is 0.0579. The first kappa shape index (κ1) is 12.8. The van der Waals surface area contributed by atoms with Crippen molar-refractivity contribution in [3.8, 4) is 0 Å². The Hall–Kier alpha value is -1.69. The molecule has 0 unspecified atom stereocenters. The minimum atomic E-state index is -0.0610. The Morgan fingerprint density at radius 1 is 1.56 bits per heavy atom. The first-order valence-electron chi connectivity index (χ1n) is 6.25. The number of aromatic nitrogens is 2. The number of carbonyl (C=O) groups is 1. The van der Waals surface area contributed by atoms with Gasteiger partial charge in [0.05, 0.1) is 12.5 Å². The predicted molar refractivity (Wildman–Crippen MR) is 66.7 cm³/mol. The van der Waals surface area contributed by atoms with E-state index >= 15 is 0 Å². The number of hydrogen-bond donors (Lipinski definition) is 1. The van der Waals surface area contributed by atoms with E-state index in [9.17, 15) is 4.79 Å². The van der Waals surface area contributed by atoms with Gasteiger partial charge in [-0.1, -0.05) is 0 Å². The highest BCUT2D eigenvalue weighted by Gasteiger charge is 2.27. The zero-order valence-corrected chi connectivity index (χ0v) is 10.5. The molecule has 1 aliphatic rings. The lowest BCUT2D eigenvalue weighted by Crippen LogP contribution is -2.43. The molecule has 0 spiro atoms. The molecule has 0 saturated carbocycles. The summed E-state index contributed by atoms with van der Waals surface area (Å²) in [5, 5.41) is 0. The first-order chi connectivity index (χ1) is 8.81. The van der Waals surface area contributed by atoms with Crippen LogP contribution in [0.3, 0.4) is 0 Å². The highest BCUT2D eigenvalue weighted by molar-refractivity contribution is 5.78. The molecule has 1 aliphatic heterocycles. The third kappa shape index (κ3) is 3.16. The summed E-state index contributed by atoms with van der Waals surface area (Å²) >= 11 is 0. The molecule has 98 valence electrons. The van der Waals surface area contributed by atoms with Gasteiger partial charge in [0.2, 0.25) is 11.9 Å². The summed E-state index contributed by atoms with van der Waals surface area (Å²) in [6.07, 6.45) is 5.27. The smallest absolute Gasteiger partial charge is 0.248 e. The second-order valence-electron chi connectivity index (χ2n) is 4.23. The SMILES string of the molecule is CCONC(=O)[C@H]1CCCN(c2ncccn2)C1. The number of carbonyl (C=O) groups excluding carboxylic acids is 1. The van der Waals surface area contributed by atoms with Crippen LogP contribution in [0.4, 0.5) is 5.95 Å². The molecule has 6 nitrogen and oxygen atoms in total. The van der Waals surface area contributed by atoms with Crippen LogP contribution >= 0.6 is 0 Å². The fraction of sp³-hybridized carbons (Fsp3) is 0.583. The molecule has 1 saturated heterocycles. The van der Waals surface area contributed by atoms with Gasteiger partial charge in [0.1, 0.15) is 0 Å². The quantitative estimate of drug-likeness (QED) is 0.799. The summed E-state index contributed by atoms with van der Waals surface area (Å²) in [4.78, 5) is 27.2. The lowest BCUT2D eigenvalue weighted by atomic mass is 9.98. The Morgan fingerprint density at radius 3 is 3.06 bits per heavy atom. The van der Waals surface area contributed by atoms with Crippen molar-refractivity contribution in [3.63, 3.8) is 0 Å². The van der Waals surface area contributed by atoms with Gasteiger partial charge in [-0.2, -0.15) is 0 Å². The zero-order valence-electron chi connectivity index (χ0n) is 10.5. The summed E-state index contributed by atoms with van der Waals surface area (Å²) in [5.41, 5.74) is 2.47. The van der Waals surface area contributed by atoms with E-state index in [1.165, 1.54) is 0 Å². The Bertz CT molecular complexity index is 385. The standard InChI is InChI=1S/C12H18N4O2/c1-2-18-15-11(17)10-5-3-8-16(9-10)12-13-6-4-7-14-12/h4,6-7,10H,2-3,5,8-9H2,1H3,(H,15,17)/t10-/m0/s1. The Morgan fingerprint density at radius 2 is 2.33 bits per heavy atom. The molecule has 0 aromatic carbocycles. The van der Waals surface area contributed by atoms with Crippen LogP contribution in [0.1, 0.15) is 19.8 Å². The number of nitrogens with one attached hydrogen (secondary N) is 1. The lowest BCUT2D eigenvalue weighted by molar-refractivity contribution is -0.137. The van der Waals surface area contributed by atoms with Gasteiger partial charge in [-0.05, 0) is 25.8 Å². The van der Waals surface area contributed by atoms with Gasteiger partial charge < -0.3 is 4.90 Å². The largest absolute Gasteiger partial charge is 0.340 e. The number of rotatable bonds is 4. The van der Waals surface area contributed by atoms with Gasteiger partial charge in [0, 0.05) is 25.5 Å². The van der Waals surface area contributed by atoms with E-state index in [0.717, 1.165) is 19.4 Å². The molecule has 1 atom stereocenters. The van der Waals surface area contributed by atoms with E-state index < -0.39 is 0 Å². The van der Waals surface area contributed by atoms with Crippen molar-refractivity contribution in [2.24, 2.45) is 5.92 Å². The van der Waals surface area contributed by atoms with Crippen LogP contribution in [0.15, 0.2) is 18.5 Å². The van der Waals surface area contributed by atoms with Gasteiger partial charge in [0.15, 0.2) is 0 Å². The van der Waals surface area contributed by atoms with E-state index in [0.29, 0.717) is 19.1 Å². The van der Waals surface area contributed by atoms with Gasteiger partial charge in [0.25, 0.3) is 0 Å². The van der Waals surface area contributed by atoms with Gasteiger partial charge in [-0.25, -0.2) is 15.4 Å². The molecule has 1 amide bonds. The number of anilines is 1. The predicted octanol–water partition coefficient (Wildman–Crippen LogP) is 0.761. The van der Waals surface area contributed by atoms with E-state index in [-0.39, 0.29) is 11.8 Å². The average Bonchev–Trinajstić information content (AvgIpc) is 2.46. The fourth-order valence-corrected chi connectivity index (χ4v) is 2.05. The highest BCUT2D eigenvalue weighted by atomic mass is 16.6. The van der Waals surface area contributed by atoms with E-state index in [1.54, 1.807) is 18.5 Å². The molecule has 18 heavy (non-hydrogen) atoms. The summed E-state index contributed by atoms with van der Waals surface area (Å²) in [5.74, 6) is 0.568. The zero-order chi connectivity index (χ0) is 12.8. The molecule has 0 bridgehead atoms. The Labute approximate surface area is 106 Å². The topological polar surface area (TPSA) is 67.3 Å². The summed E-state index contributed by atoms with van der Waals surface area (Å²) in [6, 6.07) is 1.78. The normalized spacial score (nSPS) is 19.6. The number of amides is 1. The third-order valence-electron chi connectivity index (χ3n) is 2.94. The summed E-state index contributed by atoms with van der Waals surface area (Å²) in [7, 11) is 0. The number of hydroxylamine groups is 1. The average molecular weight is 250 g/mol. The van der Waals surface area contributed by atoms with Crippen LogP contribution in [0.5, 0.6) is 0 Å². The molecule has 1 aromatic rings. The molecule has 2 rings (SSSR count). The van der Waals surface area contributed by atoms with Crippen molar-refractivity contribution >= 4 is 11.9 Å². The van der Waals surface area contributed by atoms with Crippen LogP contribution in [-0.4, -0.2) is 35.6 Å². The van der Waals surface area contributed by atoms with Gasteiger partial charge >= 0.3 is 0 Å².